The van der Waals surface area contributed by atoms with Gasteiger partial charge < -0.3 is 5.32 Å². The number of rotatable bonds is 5. The first-order chi connectivity index (χ1) is 14.2. The quantitative estimate of drug-likeness (QED) is 0.326. The SMILES string of the molecule is CC(Sc1nc2ccccc2c2nc3ccccc3n12)C(=O)NCc1cccs1. The smallest absolute Gasteiger partial charge is 0.233 e. The van der Waals surface area contributed by atoms with Crippen LogP contribution < -0.4 is 5.32 Å². The molecule has 3 heterocycles. The van der Waals surface area contributed by atoms with Crippen LogP contribution in [-0.4, -0.2) is 25.5 Å². The van der Waals surface area contributed by atoms with Crippen molar-refractivity contribution in [1.82, 2.24) is 19.7 Å². The van der Waals surface area contributed by atoms with Gasteiger partial charge >= 0.3 is 0 Å². The molecule has 1 N–H and O–H groups in total. The first-order valence-electron chi connectivity index (χ1n) is 9.33. The number of fused-ring (bicyclic) bond motifs is 5. The van der Waals surface area contributed by atoms with Crippen molar-refractivity contribution in [2.24, 2.45) is 0 Å². The Kier molecular flexibility index (Phi) is 4.69. The van der Waals surface area contributed by atoms with Crippen molar-refractivity contribution in [2.45, 2.75) is 23.9 Å². The summed E-state index contributed by atoms with van der Waals surface area (Å²) in [7, 11) is 0. The normalized spacial score (nSPS) is 12.6. The minimum absolute atomic E-state index is 0.00377. The zero-order chi connectivity index (χ0) is 19.8. The first kappa shape index (κ1) is 18.1. The average molecular weight is 419 g/mol. The minimum atomic E-state index is -0.284. The van der Waals surface area contributed by atoms with Gasteiger partial charge in [-0.15, -0.1) is 11.3 Å². The van der Waals surface area contributed by atoms with E-state index in [4.69, 9.17) is 9.97 Å². The summed E-state index contributed by atoms with van der Waals surface area (Å²) in [6.07, 6.45) is 0. The summed E-state index contributed by atoms with van der Waals surface area (Å²) in [5, 5.41) is 6.52. The second kappa shape index (κ2) is 7.50. The Morgan fingerprint density at radius 2 is 1.86 bits per heavy atom. The van der Waals surface area contributed by atoms with Gasteiger partial charge in [0, 0.05) is 10.3 Å². The molecule has 0 radical (unpaired) electrons. The topological polar surface area (TPSA) is 59.3 Å². The van der Waals surface area contributed by atoms with Crippen LogP contribution in [0.1, 0.15) is 11.8 Å². The highest BCUT2D eigenvalue weighted by Gasteiger charge is 2.20. The number of benzene rings is 2. The Balaban J connectivity index is 1.53. The van der Waals surface area contributed by atoms with Gasteiger partial charge in [-0.2, -0.15) is 0 Å². The number of aromatic nitrogens is 3. The fourth-order valence-corrected chi connectivity index (χ4v) is 4.93. The predicted octanol–water partition coefficient (Wildman–Crippen LogP) is 4.89. The molecule has 0 aliphatic rings. The third-order valence-corrected chi connectivity index (χ3v) is 6.71. The van der Waals surface area contributed by atoms with E-state index in [0.29, 0.717) is 6.54 Å². The van der Waals surface area contributed by atoms with Crippen LogP contribution in [0.25, 0.3) is 27.6 Å². The second-order valence-electron chi connectivity index (χ2n) is 6.73. The summed E-state index contributed by atoms with van der Waals surface area (Å²) < 4.78 is 2.06. The maximum atomic E-state index is 12.7. The number of thioether (sulfide) groups is 1. The van der Waals surface area contributed by atoms with Gasteiger partial charge in [-0.1, -0.05) is 42.1 Å². The lowest BCUT2D eigenvalue weighted by atomic mass is 10.2. The molecule has 1 unspecified atom stereocenters. The molecule has 2 aromatic carbocycles. The third kappa shape index (κ3) is 3.36. The summed E-state index contributed by atoms with van der Waals surface area (Å²) in [5.74, 6) is -0.00377. The summed E-state index contributed by atoms with van der Waals surface area (Å²) in [4.78, 5) is 23.5. The number of hydrogen-bond acceptors (Lipinski definition) is 5. The molecule has 5 aromatic rings. The Morgan fingerprint density at radius 3 is 2.69 bits per heavy atom. The van der Waals surface area contributed by atoms with Crippen LogP contribution in [0.3, 0.4) is 0 Å². The van der Waals surface area contributed by atoms with Gasteiger partial charge in [-0.05, 0) is 42.6 Å². The Hall–Kier alpha value is -2.90. The van der Waals surface area contributed by atoms with Crippen LogP contribution in [0.15, 0.2) is 71.2 Å². The number of carbonyl (C=O) groups excluding carboxylic acids is 1. The van der Waals surface area contributed by atoms with Crippen LogP contribution in [0.2, 0.25) is 0 Å². The molecule has 0 saturated carbocycles. The van der Waals surface area contributed by atoms with Gasteiger partial charge in [0.2, 0.25) is 5.91 Å². The highest BCUT2D eigenvalue weighted by molar-refractivity contribution is 8.00. The molecular formula is C22H18N4OS2. The molecule has 1 amide bonds. The van der Waals surface area contributed by atoms with E-state index in [9.17, 15) is 4.79 Å². The average Bonchev–Trinajstić information content (AvgIpc) is 3.40. The van der Waals surface area contributed by atoms with Crippen LogP contribution in [-0.2, 0) is 11.3 Å². The number of amides is 1. The van der Waals surface area contributed by atoms with Gasteiger partial charge in [0.05, 0.1) is 28.3 Å². The molecule has 3 aromatic heterocycles. The minimum Gasteiger partial charge on any atom is -0.350 e. The van der Waals surface area contributed by atoms with Crippen molar-refractivity contribution in [2.75, 3.05) is 0 Å². The van der Waals surface area contributed by atoms with E-state index in [2.05, 4.69) is 9.72 Å². The Bertz CT molecular complexity index is 1330. The maximum Gasteiger partial charge on any atom is 0.233 e. The summed E-state index contributed by atoms with van der Waals surface area (Å²) in [5.41, 5.74) is 3.66. The molecule has 29 heavy (non-hydrogen) atoms. The fourth-order valence-electron chi connectivity index (χ4n) is 3.34. The number of nitrogens with zero attached hydrogens (tertiary/aromatic N) is 3. The van der Waals surface area contributed by atoms with Crippen molar-refractivity contribution in [3.8, 4) is 0 Å². The number of carbonyl (C=O) groups is 1. The van der Waals surface area contributed by atoms with Gasteiger partial charge in [-0.3, -0.25) is 9.20 Å². The lowest BCUT2D eigenvalue weighted by Crippen LogP contribution is -2.30. The number of thiophene rings is 1. The maximum absolute atomic E-state index is 12.7. The van der Waals surface area contributed by atoms with Gasteiger partial charge in [0.25, 0.3) is 0 Å². The van der Waals surface area contributed by atoms with Gasteiger partial charge in [-0.25, -0.2) is 9.97 Å². The van der Waals surface area contributed by atoms with E-state index < -0.39 is 0 Å². The lowest BCUT2D eigenvalue weighted by molar-refractivity contribution is -0.120. The van der Waals surface area contributed by atoms with E-state index in [0.717, 1.165) is 37.6 Å². The zero-order valence-electron chi connectivity index (χ0n) is 15.7. The van der Waals surface area contributed by atoms with Crippen molar-refractivity contribution < 1.29 is 4.79 Å². The molecule has 0 fully saturated rings. The summed E-state index contributed by atoms with van der Waals surface area (Å²) >= 11 is 3.10. The van der Waals surface area contributed by atoms with Crippen LogP contribution in [0, 0.1) is 0 Å². The van der Waals surface area contributed by atoms with Gasteiger partial charge in [0.15, 0.2) is 5.16 Å². The molecule has 0 aliphatic carbocycles. The molecule has 5 nitrogen and oxygen atoms in total. The van der Waals surface area contributed by atoms with Crippen molar-refractivity contribution >= 4 is 56.6 Å². The molecule has 144 valence electrons. The molecule has 1 atom stereocenters. The first-order valence-corrected chi connectivity index (χ1v) is 11.1. The van der Waals surface area contributed by atoms with E-state index in [1.165, 1.54) is 11.8 Å². The standard InChI is InChI=1S/C22H18N4OS2/c1-14(21(27)23-13-15-7-6-12-28-15)29-22-25-17-9-3-2-8-16(17)20-24-18-10-4-5-11-19(18)26(20)22/h2-12,14H,13H2,1H3,(H,23,27). The monoisotopic (exact) mass is 418 g/mol. The highest BCUT2D eigenvalue weighted by atomic mass is 32.2. The predicted molar refractivity (Wildman–Crippen MR) is 119 cm³/mol. The van der Waals surface area contributed by atoms with Crippen LogP contribution >= 0.6 is 23.1 Å². The van der Waals surface area contributed by atoms with Crippen molar-refractivity contribution in [1.29, 1.82) is 0 Å². The van der Waals surface area contributed by atoms with Crippen LogP contribution in [0.5, 0.6) is 0 Å². The molecule has 0 aliphatic heterocycles. The number of nitrogens with one attached hydrogen (secondary N) is 1. The molecular weight excluding hydrogens is 400 g/mol. The van der Waals surface area contributed by atoms with Crippen LogP contribution in [0.4, 0.5) is 0 Å². The van der Waals surface area contributed by atoms with Crippen molar-refractivity contribution in [3.05, 3.63) is 70.9 Å². The number of para-hydroxylation sites is 3. The number of imidazole rings is 1. The Labute approximate surface area is 175 Å². The van der Waals surface area contributed by atoms with Gasteiger partial charge in [0.1, 0.15) is 5.65 Å². The van der Waals surface area contributed by atoms with E-state index >= 15 is 0 Å². The van der Waals surface area contributed by atoms with Crippen molar-refractivity contribution in [3.63, 3.8) is 0 Å². The fraction of sp³-hybridized carbons (Fsp3) is 0.136. The molecule has 0 saturated heterocycles. The van der Waals surface area contributed by atoms with E-state index in [1.54, 1.807) is 11.3 Å². The summed E-state index contributed by atoms with van der Waals surface area (Å²) in [6, 6.07) is 20.0. The summed E-state index contributed by atoms with van der Waals surface area (Å²) in [6.45, 7) is 2.46. The Morgan fingerprint density at radius 1 is 1.07 bits per heavy atom. The second-order valence-corrected chi connectivity index (χ2v) is 9.07. The molecule has 0 spiro atoms. The molecule has 0 bridgehead atoms. The molecule has 5 rings (SSSR count). The van der Waals surface area contributed by atoms with E-state index in [1.807, 2.05) is 73.0 Å². The number of hydrogen-bond donors (Lipinski definition) is 1. The third-order valence-electron chi connectivity index (χ3n) is 4.78. The largest absolute Gasteiger partial charge is 0.350 e. The highest BCUT2D eigenvalue weighted by Crippen LogP contribution is 2.30. The lowest BCUT2D eigenvalue weighted by Gasteiger charge is -2.13. The zero-order valence-corrected chi connectivity index (χ0v) is 17.3. The van der Waals surface area contributed by atoms with E-state index in [-0.39, 0.29) is 11.2 Å². The molecule has 7 heteroatoms.